The average molecular weight is 483 g/mol. The van der Waals surface area contributed by atoms with Gasteiger partial charge in [-0.05, 0) is 29.8 Å². The van der Waals surface area contributed by atoms with Gasteiger partial charge in [0.1, 0.15) is 17.2 Å². The average Bonchev–Trinajstić information content (AvgIpc) is 3.37. The molecule has 1 aromatic heterocycles. The SMILES string of the molecule is COc1cccc(-c2nn(Cc3ccccc3)cc2C(=O)N2CCN(c3cccc(OC)c3)CC2)c1. The third-order valence-electron chi connectivity index (χ3n) is 6.51. The van der Waals surface area contributed by atoms with Crippen molar-refractivity contribution in [2.45, 2.75) is 6.54 Å². The minimum absolute atomic E-state index is 0.00239. The Morgan fingerprint density at radius 1 is 0.833 bits per heavy atom. The summed E-state index contributed by atoms with van der Waals surface area (Å²) in [5.41, 5.74) is 4.37. The molecular weight excluding hydrogens is 452 g/mol. The van der Waals surface area contributed by atoms with E-state index in [4.69, 9.17) is 14.6 Å². The molecular formula is C29H30N4O3. The van der Waals surface area contributed by atoms with E-state index in [0.717, 1.165) is 41.4 Å². The van der Waals surface area contributed by atoms with Crippen LogP contribution < -0.4 is 14.4 Å². The monoisotopic (exact) mass is 482 g/mol. The van der Waals surface area contributed by atoms with Gasteiger partial charge in [-0.3, -0.25) is 9.48 Å². The first-order valence-electron chi connectivity index (χ1n) is 12.1. The van der Waals surface area contributed by atoms with E-state index in [1.54, 1.807) is 14.2 Å². The zero-order chi connectivity index (χ0) is 24.9. The Morgan fingerprint density at radius 3 is 2.25 bits per heavy atom. The van der Waals surface area contributed by atoms with Crippen molar-refractivity contribution in [1.29, 1.82) is 0 Å². The number of anilines is 1. The van der Waals surface area contributed by atoms with Gasteiger partial charge in [-0.25, -0.2) is 0 Å². The van der Waals surface area contributed by atoms with Crippen LogP contribution in [0.15, 0.2) is 85.1 Å². The largest absolute Gasteiger partial charge is 0.497 e. The molecule has 0 atom stereocenters. The van der Waals surface area contributed by atoms with Crippen LogP contribution in [0, 0.1) is 0 Å². The van der Waals surface area contributed by atoms with E-state index < -0.39 is 0 Å². The van der Waals surface area contributed by atoms with Crippen molar-refractivity contribution in [3.05, 3.63) is 96.2 Å². The highest BCUT2D eigenvalue weighted by atomic mass is 16.5. The Morgan fingerprint density at radius 2 is 1.53 bits per heavy atom. The molecule has 7 heteroatoms. The van der Waals surface area contributed by atoms with Gasteiger partial charge in [-0.1, -0.05) is 48.5 Å². The van der Waals surface area contributed by atoms with Crippen LogP contribution in [0.5, 0.6) is 11.5 Å². The number of ether oxygens (including phenoxy) is 2. The van der Waals surface area contributed by atoms with Crippen molar-refractivity contribution in [3.63, 3.8) is 0 Å². The van der Waals surface area contributed by atoms with Crippen LogP contribution in [-0.4, -0.2) is 61.0 Å². The lowest BCUT2D eigenvalue weighted by molar-refractivity contribution is 0.0747. The Balaban J connectivity index is 1.39. The number of hydrogen-bond acceptors (Lipinski definition) is 5. The lowest BCUT2D eigenvalue weighted by Gasteiger charge is -2.36. The molecule has 0 unspecified atom stereocenters. The molecule has 0 bridgehead atoms. The van der Waals surface area contributed by atoms with Gasteiger partial charge in [0.05, 0.1) is 26.3 Å². The second-order valence-electron chi connectivity index (χ2n) is 8.79. The van der Waals surface area contributed by atoms with Crippen molar-refractivity contribution in [2.24, 2.45) is 0 Å². The summed E-state index contributed by atoms with van der Waals surface area (Å²) in [7, 11) is 3.31. The van der Waals surface area contributed by atoms with Crippen molar-refractivity contribution in [2.75, 3.05) is 45.3 Å². The zero-order valence-electron chi connectivity index (χ0n) is 20.6. The van der Waals surface area contributed by atoms with E-state index in [1.807, 2.05) is 76.4 Å². The number of methoxy groups -OCH3 is 2. The van der Waals surface area contributed by atoms with Gasteiger partial charge in [-0.2, -0.15) is 5.10 Å². The Hall–Kier alpha value is -4.26. The van der Waals surface area contributed by atoms with Gasteiger partial charge in [-0.15, -0.1) is 0 Å². The van der Waals surface area contributed by atoms with Crippen LogP contribution in [0.25, 0.3) is 11.3 Å². The molecule has 0 N–H and O–H groups in total. The predicted molar refractivity (Wildman–Crippen MR) is 141 cm³/mol. The highest BCUT2D eigenvalue weighted by Crippen LogP contribution is 2.28. The van der Waals surface area contributed by atoms with Gasteiger partial charge < -0.3 is 19.3 Å². The lowest BCUT2D eigenvalue weighted by atomic mass is 10.1. The third-order valence-corrected chi connectivity index (χ3v) is 6.51. The summed E-state index contributed by atoms with van der Waals surface area (Å²) in [4.78, 5) is 18.0. The van der Waals surface area contributed by atoms with Gasteiger partial charge >= 0.3 is 0 Å². The predicted octanol–water partition coefficient (Wildman–Crippen LogP) is 4.58. The standard InChI is InChI=1S/C29H30N4O3/c1-35-25-12-6-10-23(18-25)28-27(21-33(30-28)20-22-8-4-3-5-9-22)29(34)32-16-14-31(15-17-32)24-11-7-13-26(19-24)36-2/h3-13,18-19,21H,14-17,20H2,1-2H3. The number of hydrogen-bond donors (Lipinski definition) is 0. The normalized spacial score (nSPS) is 13.5. The molecule has 1 fully saturated rings. The number of aromatic nitrogens is 2. The van der Waals surface area contributed by atoms with Crippen LogP contribution >= 0.6 is 0 Å². The van der Waals surface area contributed by atoms with Crippen LogP contribution in [0.1, 0.15) is 15.9 Å². The minimum atomic E-state index is -0.00239. The van der Waals surface area contributed by atoms with Gasteiger partial charge in [0.2, 0.25) is 0 Å². The number of amides is 1. The van der Waals surface area contributed by atoms with Crippen LogP contribution in [0.3, 0.4) is 0 Å². The number of carbonyl (C=O) groups is 1. The summed E-state index contributed by atoms with van der Waals surface area (Å²) < 4.78 is 12.6. The fourth-order valence-corrected chi connectivity index (χ4v) is 4.56. The summed E-state index contributed by atoms with van der Waals surface area (Å²) in [6.07, 6.45) is 1.87. The zero-order valence-corrected chi connectivity index (χ0v) is 20.6. The summed E-state index contributed by atoms with van der Waals surface area (Å²) in [5.74, 6) is 1.56. The molecule has 0 saturated carbocycles. The van der Waals surface area contributed by atoms with E-state index in [-0.39, 0.29) is 5.91 Å². The first-order chi connectivity index (χ1) is 17.6. The third kappa shape index (κ3) is 5.05. The Labute approximate surface area is 211 Å². The molecule has 36 heavy (non-hydrogen) atoms. The molecule has 5 rings (SSSR count). The van der Waals surface area contributed by atoms with E-state index in [1.165, 1.54) is 0 Å². The maximum atomic E-state index is 13.8. The minimum Gasteiger partial charge on any atom is -0.497 e. The number of nitrogens with zero attached hydrogens (tertiary/aromatic N) is 4. The molecule has 0 spiro atoms. The van der Waals surface area contributed by atoms with Gasteiger partial charge in [0.15, 0.2) is 0 Å². The van der Waals surface area contributed by atoms with Crippen LogP contribution in [0.2, 0.25) is 0 Å². The first kappa shape index (κ1) is 23.5. The molecule has 4 aromatic rings. The maximum absolute atomic E-state index is 13.8. The smallest absolute Gasteiger partial charge is 0.257 e. The van der Waals surface area contributed by atoms with Crippen molar-refractivity contribution < 1.29 is 14.3 Å². The topological polar surface area (TPSA) is 59.8 Å². The van der Waals surface area contributed by atoms with Crippen molar-refractivity contribution in [1.82, 2.24) is 14.7 Å². The molecule has 1 aliphatic heterocycles. The Kier molecular flexibility index (Phi) is 6.89. The van der Waals surface area contributed by atoms with E-state index in [0.29, 0.717) is 30.9 Å². The summed E-state index contributed by atoms with van der Waals surface area (Å²) in [6.45, 7) is 3.38. The highest BCUT2D eigenvalue weighted by Gasteiger charge is 2.27. The molecule has 0 aliphatic carbocycles. The lowest BCUT2D eigenvalue weighted by Crippen LogP contribution is -2.48. The summed E-state index contributed by atoms with van der Waals surface area (Å²) >= 11 is 0. The second-order valence-corrected chi connectivity index (χ2v) is 8.79. The highest BCUT2D eigenvalue weighted by molar-refractivity contribution is 6.00. The Bertz CT molecular complexity index is 1330. The molecule has 1 aliphatic rings. The molecule has 7 nitrogen and oxygen atoms in total. The molecule has 2 heterocycles. The maximum Gasteiger partial charge on any atom is 0.257 e. The van der Waals surface area contributed by atoms with Gasteiger partial charge in [0.25, 0.3) is 5.91 Å². The molecule has 184 valence electrons. The fourth-order valence-electron chi connectivity index (χ4n) is 4.56. The van der Waals surface area contributed by atoms with Crippen molar-refractivity contribution >= 4 is 11.6 Å². The van der Waals surface area contributed by atoms with Gasteiger partial charge in [0, 0.05) is 49.7 Å². The molecule has 1 saturated heterocycles. The van der Waals surface area contributed by atoms with Crippen LogP contribution in [-0.2, 0) is 6.54 Å². The van der Waals surface area contributed by atoms with Crippen LogP contribution in [0.4, 0.5) is 5.69 Å². The van der Waals surface area contributed by atoms with E-state index in [9.17, 15) is 4.79 Å². The molecule has 1 amide bonds. The summed E-state index contributed by atoms with van der Waals surface area (Å²) in [5, 5.41) is 4.84. The number of benzene rings is 3. The second kappa shape index (κ2) is 10.6. The number of piperazine rings is 1. The van der Waals surface area contributed by atoms with E-state index in [2.05, 4.69) is 23.1 Å². The summed E-state index contributed by atoms with van der Waals surface area (Å²) in [6, 6.07) is 25.9. The first-order valence-corrected chi connectivity index (χ1v) is 12.1. The molecule has 0 radical (unpaired) electrons. The van der Waals surface area contributed by atoms with Crippen molar-refractivity contribution in [3.8, 4) is 22.8 Å². The number of carbonyl (C=O) groups excluding carboxylic acids is 1. The van der Waals surface area contributed by atoms with E-state index >= 15 is 0 Å². The molecule has 3 aromatic carbocycles. The fraction of sp³-hybridized carbons (Fsp3) is 0.241. The number of rotatable bonds is 7. The quantitative estimate of drug-likeness (QED) is 0.386.